The van der Waals surface area contributed by atoms with Gasteiger partial charge in [-0.1, -0.05) is 11.6 Å². The molecule has 1 atom stereocenters. The fourth-order valence-electron chi connectivity index (χ4n) is 2.16. The molecule has 0 radical (unpaired) electrons. The SMILES string of the molecule is Cc1cnoc1C(=O)N(C)CC1CCCCN1. The largest absolute Gasteiger partial charge is 0.351 e. The molecule has 0 saturated carbocycles. The maximum Gasteiger partial charge on any atom is 0.292 e. The fourth-order valence-corrected chi connectivity index (χ4v) is 2.16. The monoisotopic (exact) mass is 237 g/mol. The van der Waals surface area contributed by atoms with Crippen LogP contribution in [0, 0.1) is 6.92 Å². The van der Waals surface area contributed by atoms with Gasteiger partial charge in [0.1, 0.15) is 0 Å². The quantitative estimate of drug-likeness (QED) is 0.858. The molecule has 2 heterocycles. The average molecular weight is 237 g/mol. The molecule has 17 heavy (non-hydrogen) atoms. The number of piperidine rings is 1. The first-order valence-corrected chi connectivity index (χ1v) is 6.08. The van der Waals surface area contributed by atoms with Crippen molar-refractivity contribution in [3.05, 3.63) is 17.5 Å². The Morgan fingerprint density at radius 3 is 3.06 bits per heavy atom. The van der Waals surface area contributed by atoms with Gasteiger partial charge in [0.15, 0.2) is 0 Å². The third-order valence-corrected chi connectivity index (χ3v) is 3.20. The summed E-state index contributed by atoms with van der Waals surface area (Å²) in [6.07, 6.45) is 5.17. The molecule has 1 unspecified atom stereocenters. The van der Waals surface area contributed by atoms with Gasteiger partial charge in [0.05, 0.1) is 6.20 Å². The second kappa shape index (κ2) is 5.31. The van der Waals surface area contributed by atoms with E-state index < -0.39 is 0 Å². The fraction of sp³-hybridized carbons (Fsp3) is 0.667. The Hall–Kier alpha value is -1.36. The van der Waals surface area contributed by atoms with Crippen molar-refractivity contribution in [1.82, 2.24) is 15.4 Å². The second-order valence-electron chi connectivity index (χ2n) is 4.67. The standard InChI is InChI=1S/C12H19N3O2/c1-9-7-14-17-11(9)12(16)15(2)8-10-5-3-4-6-13-10/h7,10,13H,3-6,8H2,1-2H3. The Bertz CT molecular complexity index is 383. The van der Waals surface area contributed by atoms with Crippen molar-refractivity contribution in [3.63, 3.8) is 0 Å². The number of hydrogen-bond donors (Lipinski definition) is 1. The molecule has 1 aliphatic heterocycles. The van der Waals surface area contributed by atoms with E-state index in [1.54, 1.807) is 18.1 Å². The van der Waals surface area contributed by atoms with Gasteiger partial charge in [0, 0.05) is 25.2 Å². The molecule has 1 fully saturated rings. The van der Waals surface area contributed by atoms with Gasteiger partial charge in [0.25, 0.3) is 5.91 Å². The summed E-state index contributed by atoms with van der Waals surface area (Å²) in [6.45, 7) is 3.60. The first-order valence-electron chi connectivity index (χ1n) is 6.08. The van der Waals surface area contributed by atoms with E-state index in [0.717, 1.165) is 25.1 Å². The van der Waals surface area contributed by atoms with Crippen LogP contribution in [0.1, 0.15) is 35.4 Å². The van der Waals surface area contributed by atoms with Crippen molar-refractivity contribution in [1.29, 1.82) is 0 Å². The van der Waals surface area contributed by atoms with Crippen molar-refractivity contribution in [2.45, 2.75) is 32.2 Å². The number of hydrogen-bond acceptors (Lipinski definition) is 4. The summed E-state index contributed by atoms with van der Waals surface area (Å²) in [6, 6.07) is 0.404. The van der Waals surface area contributed by atoms with Crippen molar-refractivity contribution in [2.75, 3.05) is 20.1 Å². The number of amides is 1. The smallest absolute Gasteiger partial charge is 0.292 e. The zero-order valence-corrected chi connectivity index (χ0v) is 10.4. The number of carbonyl (C=O) groups excluding carboxylic acids is 1. The van der Waals surface area contributed by atoms with E-state index in [9.17, 15) is 4.79 Å². The average Bonchev–Trinajstić information content (AvgIpc) is 2.76. The molecule has 0 spiro atoms. The molecule has 1 aromatic rings. The van der Waals surface area contributed by atoms with Gasteiger partial charge < -0.3 is 14.7 Å². The van der Waals surface area contributed by atoms with Crippen LogP contribution in [-0.4, -0.2) is 42.1 Å². The number of aromatic nitrogens is 1. The summed E-state index contributed by atoms with van der Waals surface area (Å²) in [7, 11) is 1.81. The van der Waals surface area contributed by atoms with Gasteiger partial charge in [0.2, 0.25) is 5.76 Å². The Labute approximate surface area is 101 Å². The summed E-state index contributed by atoms with van der Waals surface area (Å²) in [4.78, 5) is 13.8. The van der Waals surface area contributed by atoms with Crippen LogP contribution >= 0.6 is 0 Å². The van der Waals surface area contributed by atoms with E-state index >= 15 is 0 Å². The van der Waals surface area contributed by atoms with Crippen molar-refractivity contribution < 1.29 is 9.32 Å². The molecule has 1 aromatic heterocycles. The minimum Gasteiger partial charge on any atom is -0.351 e. The highest BCUT2D eigenvalue weighted by Crippen LogP contribution is 2.12. The lowest BCUT2D eigenvalue weighted by molar-refractivity contribution is 0.0733. The molecular formula is C12H19N3O2. The lowest BCUT2D eigenvalue weighted by Gasteiger charge is -2.27. The highest BCUT2D eigenvalue weighted by Gasteiger charge is 2.22. The first-order chi connectivity index (χ1) is 8.18. The third kappa shape index (κ3) is 2.85. The zero-order chi connectivity index (χ0) is 12.3. The van der Waals surface area contributed by atoms with Crippen molar-refractivity contribution in [2.24, 2.45) is 0 Å². The number of carbonyl (C=O) groups is 1. The number of likely N-dealkylation sites (N-methyl/N-ethyl adjacent to an activating group) is 1. The van der Waals surface area contributed by atoms with E-state index in [1.807, 2.05) is 6.92 Å². The number of nitrogens with zero attached hydrogens (tertiary/aromatic N) is 2. The van der Waals surface area contributed by atoms with Crippen LogP contribution in [0.2, 0.25) is 0 Å². The minimum atomic E-state index is -0.0904. The van der Waals surface area contributed by atoms with Crippen LogP contribution in [0.4, 0.5) is 0 Å². The van der Waals surface area contributed by atoms with Gasteiger partial charge in [-0.05, 0) is 26.3 Å². The minimum absolute atomic E-state index is 0.0904. The molecule has 1 amide bonds. The van der Waals surface area contributed by atoms with Gasteiger partial charge in [-0.25, -0.2) is 0 Å². The summed E-state index contributed by atoms with van der Waals surface area (Å²) in [5, 5.41) is 7.06. The van der Waals surface area contributed by atoms with E-state index in [1.165, 1.54) is 12.8 Å². The predicted octanol–water partition coefficient (Wildman–Crippen LogP) is 1.20. The molecule has 5 nitrogen and oxygen atoms in total. The normalized spacial score (nSPS) is 20.2. The Morgan fingerprint density at radius 1 is 1.65 bits per heavy atom. The molecule has 0 bridgehead atoms. The highest BCUT2D eigenvalue weighted by molar-refractivity contribution is 5.92. The Morgan fingerprint density at radius 2 is 2.47 bits per heavy atom. The maximum atomic E-state index is 12.1. The van der Waals surface area contributed by atoms with Crippen LogP contribution in [0.3, 0.4) is 0 Å². The first kappa shape index (κ1) is 12.1. The molecule has 1 N–H and O–H groups in total. The van der Waals surface area contributed by atoms with E-state index in [-0.39, 0.29) is 5.91 Å². The molecule has 1 saturated heterocycles. The molecule has 1 aliphatic rings. The van der Waals surface area contributed by atoms with Gasteiger partial charge in [-0.15, -0.1) is 0 Å². The van der Waals surface area contributed by atoms with Crippen molar-refractivity contribution in [3.8, 4) is 0 Å². The summed E-state index contributed by atoms with van der Waals surface area (Å²) in [5.74, 6) is 0.260. The van der Waals surface area contributed by atoms with Crippen molar-refractivity contribution >= 4 is 5.91 Å². The number of rotatable bonds is 3. The van der Waals surface area contributed by atoms with Crippen LogP contribution in [0.25, 0.3) is 0 Å². The predicted molar refractivity (Wildman–Crippen MR) is 63.8 cm³/mol. The Balaban J connectivity index is 1.93. The highest BCUT2D eigenvalue weighted by atomic mass is 16.5. The van der Waals surface area contributed by atoms with E-state index in [2.05, 4.69) is 10.5 Å². The molecule has 5 heteroatoms. The maximum absolute atomic E-state index is 12.1. The third-order valence-electron chi connectivity index (χ3n) is 3.20. The number of aryl methyl sites for hydroxylation is 1. The molecule has 94 valence electrons. The van der Waals surface area contributed by atoms with Crippen LogP contribution in [0.5, 0.6) is 0 Å². The second-order valence-corrected chi connectivity index (χ2v) is 4.67. The Kier molecular flexibility index (Phi) is 3.78. The van der Waals surface area contributed by atoms with Crippen LogP contribution in [0.15, 0.2) is 10.7 Å². The van der Waals surface area contributed by atoms with Crippen LogP contribution < -0.4 is 5.32 Å². The van der Waals surface area contributed by atoms with Gasteiger partial charge in [-0.3, -0.25) is 4.79 Å². The molecule has 0 aromatic carbocycles. The molecule has 2 rings (SSSR count). The zero-order valence-electron chi connectivity index (χ0n) is 10.4. The number of nitrogens with one attached hydrogen (secondary N) is 1. The lowest BCUT2D eigenvalue weighted by Crippen LogP contribution is -2.44. The molecule has 0 aliphatic carbocycles. The lowest BCUT2D eigenvalue weighted by atomic mass is 10.0. The summed E-state index contributed by atoms with van der Waals surface area (Å²) >= 11 is 0. The summed E-state index contributed by atoms with van der Waals surface area (Å²) in [5.41, 5.74) is 0.790. The van der Waals surface area contributed by atoms with E-state index in [0.29, 0.717) is 11.8 Å². The molecular weight excluding hydrogens is 218 g/mol. The van der Waals surface area contributed by atoms with Gasteiger partial charge in [-0.2, -0.15) is 0 Å². The summed E-state index contributed by atoms with van der Waals surface area (Å²) < 4.78 is 4.97. The van der Waals surface area contributed by atoms with E-state index in [4.69, 9.17) is 4.52 Å². The van der Waals surface area contributed by atoms with Gasteiger partial charge >= 0.3 is 0 Å². The van der Waals surface area contributed by atoms with Crippen LogP contribution in [-0.2, 0) is 0 Å². The topological polar surface area (TPSA) is 58.4 Å².